The Hall–Kier alpha value is -2.10. The molecule has 0 radical (unpaired) electrons. The normalized spacial score (nSPS) is 14.5. The second-order valence-corrected chi connectivity index (χ2v) is 6.50. The van der Waals surface area contributed by atoms with Crippen LogP contribution < -0.4 is 0 Å². The van der Waals surface area contributed by atoms with Gasteiger partial charge in [-0.05, 0) is 12.8 Å². The first-order chi connectivity index (χ1) is 11.2. The molecule has 2 aromatic heterocycles. The predicted molar refractivity (Wildman–Crippen MR) is 92.5 cm³/mol. The van der Waals surface area contributed by atoms with Crippen LogP contribution in [0.2, 0.25) is 0 Å². The maximum absolute atomic E-state index is 12.8. The van der Waals surface area contributed by atoms with Crippen molar-refractivity contribution in [3.63, 3.8) is 0 Å². The van der Waals surface area contributed by atoms with E-state index in [1.165, 1.54) is 11.3 Å². The average Bonchev–Trinajstić information content (AvgIpc) is 3.25. The van der Waals surface area contributed by atoms with Crippen molar-refractivity contribution in [2.45, 2.75) is 19.4 Å². The van der Waals surface area contributed by atoms with Gasteiger partial charge in [-0.2, -0.15) is 0 Å². The number of hydrogen-bond donors (Lipinski definition) is 0. The van der Waals surface area contributed by atoms with Crippen molar-refractivity contribution in [1.29, 1.82) is 0 Å². The van der Waals surface area contributed by atoms with Crippen molar-refractivity contribution in [2.24, 2.45) is 0 Å². The molecule has 0 bridgehead atoms. The molecule has 120 valence electrons. The summed E-state index contributed by atoms with van der Waals surface area (Å²) in [6.07, 6.45) is 11.4. The van der Waals surface area contributed by atoms with Crippen LogP contribution in [0.3, 0.4) is 0 Å². The summed E-state index contributed by atoms with van der Waals surface area (Å²) in [4.78, 5) is 22.2. The van der Waals surface area contributed by atoms with E-state index >= 15 is 0 Å². The van der Waals surface area contributed by atoms with E-state index in [1.807, 2.05) is 27.0 Å². The third-order valence-electron chi connectivity index (χ3n) is 4.03. The van der Waals surface area contributed by atoms with Crippen LogP contribution in [0.4, 0.5) is 0 Å². The second kappa shape index (κ2) is 6.99. The highest BCUT2D eigenvalue weighted by molar-refractivity contribution is 7.15. The molecule has 1 aliphatic heterocycles. The van der Waals surface area contributed by atoms with Gasteiger partial charge in [-0.15, -0.1) is 24.3 Å². The highest BCUT2D eigenvalue weighted by atomic mass is 32.1. The zero-order valence-corrected chi connectivity index (χ0v) is 13.9. The molecule has 3 heterocycles. The molecule has 1 amide bonds. The van der Waals surface area contributed by atoms with Crippen LogP contribution in [0.1, 0.15) is 29.0 Å². The topological polar surface area (TPSA) is 40.9 Å². The summed E-state index contributed by atoms with van der Waals surface area (Å²) in [5, 5.41) is 1.98. The molecule has 0 N–H and O–H groups in total. The molecule has 0 atom stereocenters. The van der Waals surface area contributed by atoms with Gasteiger partial charge in [-0.1, -0.05) is 12.0 Å². The van der Waals surface area contributed by atoms with Gasteiger partial charge < -0.3 is 4.90 Å². The zero-order valence-electron chi connectivity index (χ0n) is 13.1. The van der Waals surface area contributed by atoms with Gasteiger partial charge in [0.25, 0.3) is 5.91 Å². The molecule has 6 heteroatoms. The Kier molecular flexibility index (Phi) is 4.79. The molecular formula is C17H20N4OS. The van der Waals surface area contributed by atoms with E-state index in [9.17, 15) is 4.79 Å². The van der Waals surface area contributed by atoms with E-state index < -0.39 is 0 Å². The minimum Gasteiger partial charge on any atom is -0.337 e. The largest absolute Gasteiger partial charge is 0.337 e. The standard InChI is InChI=1S/C17H20N4OS/c1-3-7-19(8-4-2)13-14-15(16(22)20-9-5-6-10-20)18-17-21(14)11-12-23-17/h1,4,11-12H,2,5-10,13H2. The summed E-state index contributed by atoms with van der Waals surface area (Å²) in [6.45, 7) is 7.21. The Morgan fingerprint density at radius 1 is 1.52 bits per heavy atom. The van der Waals surface area contributed by atoms with Gasteiger partial charge in [0.1, 0.15) is 0 Å². The highest BCUT2D eigenvalue weighted by Gasteiger charge is 2.27. The fourth-order valence-corrected chi connectivity index (χ4v) is 3.67. The SMILES string of the molecule is C#CCN(CC=C)Cc1c(C(=O)N2CCCC2)nc2sccn12. The number of terminal acetylenes is 1. The first-order valence-electron chi connectivity index (χ1n) is 7.75. The Bertz CT molecular complexity index is 748. The van der Waals surface area contributed by atoms with Crippen molar-refractivity contribution < 1.29 is 4.79 Å². The molecule has 23 heavy (non-hydrogen) atoms. The predicted octanol–water partition coefficient (Wildman–Crippen LogP) is 2.25. The molecule has 1 aliphatic rings. The van der Waals surface area contributed by atoms with Crippen LogP contribution in [-0.2, 0) is 6.54 Å². The second-order valence-electron chi connectivity index (χ2n) is 5.62. The van der Waals surface area contributed by atoms with Crippen molar-refractivity contribution in [3.8, 4) is 12.3 Å². The third-order valence-corrected chi connectivity index (χ3v) is 4.79. The number of aromatic nitrogens is 2. The minimum atomic E-state index is 0.0349. The van der Waals surface area contributed by atoms with Crippen LogP contribution in [0.5, 0.6) is 0 Å². The van der Waals surface area contributed by atoms with Gasteiger partial charge in [0.05, 0.1) is 12.2 Å². The molecular weight excluding hydrogens is 308 g/mol. The van der Waals surface area contributed by atoms with E-state index in [-0.39, 0.29) is 5.91 Å². The molecule has 0 aromatic carbocycles. The summed E-state index contributed by atoms with van der Waals surface area (Å²) in [7, 11) is 0. The summed E-state index contributed by atoms with van der Waals surface area (Å²) < 4.78 is 2.00. The van der Waals surface area contributed by atoms with E-state index in [2.05, 4.69) is 22.4 Å². The van der Waals surface area contributed by atoms with Crippen LogP contribution in [0.15, 0.2) is 24.2 Å². The van der Waals surface area contributed by atoms with E-state index in [1.54, 1.807) is 0 Å². The van der Waals surface area contributed by atoms with E-state index in [0.29, 0.717) is 25.3 Å². The third kappa shape index (κ3) is 3.16. The maximum atomic E-state index is 12.8. The average molecular weight is 328 g/mol. The molecule has 3 rings (SSSR count). The Balaban J connectivity index is 1.94. The highest BCUT2D eigenvalue weighted by Crippen LogP contribution is 2.22. The number of fused-ring (bicyclic) bond motifs is 1. The number of nitrogens with zero attached hydrogens (tertiary/aromatic N) is 4. The number of hydrogen-bond acceptors (Lipinski definition) is 4. The number of thiazole rings is 1. The lowest BCUT2D eigenvalue weighted by atomic mass is 10.2. The van der Waals surface area contributed by atoms with E-state index in [0.717, 1.165) is 36.6 Å². The maximum Gasteiger partial charge on any atom is 0.274 e. The van der Waals surface area contributed by atoms with Gasteiger partial charge in [-0.3, -0.25) is 14.1 Å². The van der Waals surface area contributed by atoms with Gasteiger partial charge in [-0.25, -0.2) is 4.98 Å². The molecule has 2 aromatic rings. The molecule has 0 aliphatic carbocycles. The molecule has 0 unspecified atom stereocenters. The Morgan fingerprint density at radius 3 is 3.00 bits per heavy atom. The van der Waals surface area contributed by atoms with Crippen molar-refractivity contribution >= 4 is 22.2 Å². The van der Waals surface area contributed by atoms with E-state index in [4.69, 9.17) is 6.42 Å². The Morgan fingerprint density at radius 2 is 2.30 bits per heavy atom. The molecule has 1 fully saturated rings. The first-order valence-corrected chi connectivity index (χ1v) is 8.63. The summed E-state index contributed by atoms with van der Waals surface area (Å²) in [5.74, 6) is 2.70. The zero-order chi connectivity index (χ0) is 16.2. The number of imidazole rings is 1. The number of carbonyl (C=O) groups excluding carboxylic acids is 1. The number of rotatable bonds is 6. The first kappa shape index (κ1) is 15.8. The molecule has 0 saturated carbocycles. The number of amides is 1. The van der Waals surface area contributed by atoms with Crippen molar-refractivity contribution in [1.82, 2.24) is 19.2 Å². The van der Waals surface area contributed by atoms with Gasteiger partial charge >= 0.3 is 0 Å². The van der Waals surface area contributed by atoms with Gasteiger partial charge in [0.15, 0.2) is 10.7 Å². The monoisotopic (exact) mass is 328 g/mol. The van der Waals surface area contributed by atoms with Crippen LogP contribution in [-0.4, -0.2) is 51.3 Å². The number of likely N-dealkylation sites (tertiary alicyclic amines) is 1. The van der Waals surface area contributed by atoms with Gasteiger partial charge in [0, 0.05) is 37.8 Å². The quantitative estimate of drug-likeness (QED) is 0.603. The minimum absolute atomic E-state index is 0.0349. The smallest absolute Gasteiger partial charge is 0.274 e. The fourth-order valence-electron chi connectivity index (χ4n) is 2.93. The lowest BCUT2D eigenvalue weighted by Crippen LogP contribution is -2.31. The summed E-state index contributed by atoms with van der Waals surface area (Å²) in [5.41, 5.74) is 1.47. The van der Waals surface area contributed by atoms with Crippen LogP contribution in [0.25, 0.3) is 4.96 Å². The lowest BCUT2D eigenvalue weighted by Gasteiger charge is -2.19. The van der Waals surface area contributed by atoms with Crippen molar-refractivity contribution in [2.75, 3.05) is 26.2 Å². The lowest BCUT2D eigenvalue weighted by molar-refractivity contribution is 0.0785. The number of carbonyl (C=O) groups is 1. The Labute approximate surface area is 140 Å². The fraction of sp³-hybridized carbons (Fsp3) is 0.412. The summed E-state index contributed by atoms with van der Waals surface area (Å²) in [6, 6.07) is 0. The van der Waals surface area contributed by atoms with Crippen LogP contribution in [0, 0.1) is 12.3 Å². The summed E-state index contributed by atoms with van der Waals surface area (Å²) >= 11 is 1.54. The van der Waals surface area contributed by atoms with Crippen molar-refractivity contribution in [3.05, 3.63) is 35.6 Å². The van der Waals surface area contributed by atoms with Gasteiger partial charge in [0.2, 0.25) is 0 Å². The molecule has 1 saturated heterocycles. The van der Waals surface area contributed by atoms with Crippen LogP contribution >= 0.6 is 11.3 Å². The molecule has 0 spiro atoms. The molecule has 5 nitrogen and oxygen atoms in total.